The van der Waals surface area contributed by atoms with Gasteiger partial charge in [-0.2, -0.15) is 0 Å². The molecule has 0 fully saturated rings. The summed E-state index contributed by atoms with van der Waals surface area (Å²) in [6.45, 7) is 14.0. The zero-order valence-electron chi connectivity index (χ0n) is 30.8. The first-order valence-electron chi connectivity index (χ1n) is 17.6. The Morgan fingerprint density at radius 1 is 0.900 bits per heavy atom. The monoisotopic (exact) mass is 694 g/mol. The van der Waals surface area contributed by atoms with E-state index >= 15 is 0 Å². The maximum absolute atomic E-state index is 11.3. The third kappa shape index (κ3) is 18.2. The van der Waals surface area contributed by atoms with E-state index < -0.39 is 0 Å². The Bertz CT molecular complexity index is 1290. The third-order valence-electron chi connectivity index (χ3n) is 7.78. The fourth-order valence-electron chi connectivity index (χ4n) is 4.87. The van der Waals surface area contributed by atoms with Crippen LogP contribution >= 0.6 is 0 Å². The molecule has 2 aromatic carbocycles. The molecular weight excluding hydrogens is 632 g/mol. The highest BCUT2D eigenvalue weighted by molar-refractivity contribution is 5.94. The van der Waals surface area contributed by atoms with Crippen molar-refractivity contribution in [2.45, 2.75) is 46.0 Å². The average molecular weight is 695 g/mol. The normalized spacial score (nSPS) is 11.8. The molecule has 1 amide bonds. The Morgan fingerprint density at radius 2 is 1.52 bits per heavy atom. The first kappa shape index (κ1) is 44.2. The van der Waals surface area contributed by atoms with Crippen molar-refractivity contribution in [3.63, 3.8) is 0 Å². The lowest BCUT2D eigenvalue weighted by Crippen LogP contribution is -2.35. The van der Waals surface area contributed by atoms with Gasteiger partial charge >= 0.3 is 0 Å². The van der Waals surface area contributed by atoms with Gasteiger partial charge in [-0.05, 0) is 64.9 Å². The van der Waals surface area contributed by atoms with Crippen molar-refractivity contribution in [3.8, 4) is 0 Å². The number of hydrogen-bond acceptors (Lipinski definition) is 10. The molecular formula is C39H62N6O5. The molecule has 0 saturated carbocycles. The fourth-order valence-corrected chi connectivity index (χ4v) is 4.87. The van der Waals surface area contributed by atoms with Crippen molar-refractivity contribution in [1.82, 2.24) is 15.2 Å². The largest absolute Gasteiger partial charge is 0.396 e. The van der Waals surface area contributed by atoms with Gasteiger partial charge in [-0.3, -0.25) is 4.79 Å². The van der Waals surface area contributed by atoms with Gasteiger partial charge in [-0.1, -0.05) is 73.7 Å². The molecule has 0 aromatic heterocycles. The number of allylic oxidation sites excluding steroid dienone is 2. The number of nitrogens with zero attached hydrogens (tertiary/aromatic N) is 2. The Balaban J connectivity index is 0.00000232. The van der Waals surface area contributed by atoms with Crippen molar-refractivity contribution in [2.75, 3.05) is 85.2 Å². The number of carbonyl (C=O) groups is 2. The number of carbonyl (C=O) groups excluding carboxylic acids is 2. The van der Waals surface area contributed by atoms with Crippen LogP contribution in [0.4, 0.5) is 5.69 Å². The lowest BCUT2D eigenvalue weighted by atomic mass is 9.96. The predicted molar refractivity (Wildman–Crippen MR) is 206 cm³/mol. The lowest BCUT2D eigenvalue weighted by Gasteiger charge is -2.27. The molecule has 6 N–H and O–H groups in total. The zero-order valence-corrected chi connectivity index (χ0v) is 30.8. The molecule has 278 valence electrons. The maximum Gasteiger partial charge on any atom is 0.211 e. The van der Waals surface area contributed by atoms with Gasteiger partial charge < -0.3 is 45.3 Å². The van der Waals surface area contributed by atoms with E-state index in [1.54, 1.807) is 5.01 Å². The molecule has 2 rings (SSSR count). The van der Waals surface area contributed by atoms with Crippen LogP contribution in [-0.4, -0.2) is 103 Å². The van der Waals surface area contributed by atoms with Crippen LogP contribution in [-0.2, 0) is 30.2 Å². The Labute approximate surface area is 300 Å². The van der Waals surface area contributed by atoms with Gasteiger partial charge in [-0.15, -0.1) is 0 Å². The summed E-state index contributed by atoms with van der Waals surface area (Å²) in [5.74, 6) is 6.67. The van der Waals surface area contributed by atoms with Crippen LogP contribution in [0.1, 0.15) is 56.2 Å². The van der Waals surface area contributed by atoms with E-state index in [9.17, 15) is 9.59 Å². The summed E-state index contributed by atoms with van der Waals surface area (Å²) in [4.78, 5) is 22.9. The molecule has 0 saturated heterocycles. The number of hydrogen-bond donors (Lipinski definition) is 4. The van der Waals surface area contributed by atoms with E-state index in [4.69, 9.17) is 25.8 Å². The molecule has 0 heterocycles. The molecule has 0 aliphatic carbocycles. The molecule has 2 aromatic rings. The summed E-state index contributed by atoms with van der Waals surface area (Å²) in [5.41, 5.74) is 12.6. The molecule has 0 unspecified atom stereocenters. The average Bonchev–Trinajstić information content (AvgIpc) is 3.12. The summed E-state index contributed by atoms with van der Waals surface area (Å²) in [5, 5.41) is 7.58. The summed E-state index contributed by atoms with van der Waals surface area (Å²) >= 11 is 0. The Morgan fingerprint density at radius 3 is 2.10 bits per heavy atom. The molecule has 50 heavy (non-hydrogen) atoms. The molecule has 0 aliphatic heterocycles. The van der Waals surface area contributed by atoms with Crippen LogP contribution in [0.3, 0.4) is 0 Å². The SMILES string of the molecule is C=C/C(=C\C)CCN(C)CCOCCOCCOCCN(N)/C(=C(\N)c1ccccc1NC=O)c1ccccc1CCCNC.CCCC=O. The van der Waals surface area contributed by atoms with Gasteiger partial charge in [0.05, 0.1) is 57.6 Å². The fraction of sp³-hybridized carbons (Fsp3) is 0.487. The number of ether oxygens (including phenoxy) is 3. The highest BCUT2D eigenvalue weighted by atomic mass is 16.5. The van der Waals surface area contributed by atoms with E-state index in [1.165, 1.54) is 5.57 Å². The quantitative estimate of drug-likeness (QED) is 0.0256. The highest BCUT2D eigenvalue weighted by Crippen LogP contribution is 2.31. The zero-order chi connectivity index (χ0) is 36.8. The van der Waals surface area contributed by atoms with E-state index in [2.05, 4.69) is 41.3 Å². The lowest BCUT2D eigenvalue weighted by molar-refractivity contribution is -0.108. The van der Waals surface area contributed by atoms with Gasteiger partial charge in [0.25, 0.3) is 0 Å². The van der Waals surface area contributed by atoms with Crippen LogP contribution in [0.5, 0.6) is 0 Å². The third-order valence-corrected chi connectivity index (χ3v) is 7.78. The smallest absolute Gasteiger partial charge is 0.211 e. The van der Waals surface area contributed by atoms with Crippen molar-refractivity contribution in [3.05, 3.63) is 89.5 Å². The molecule has 0 spiro atoms. The van der Waals surface area contributed by atoms with Gasteiger partial charge in [-0.25, -0.2) is 5.84 Å². The minimum Gasteiger partial charge on any atom is -0.396 e. The second-order valence-electron chi connectivity index (χ2n) is 11.5. The molecule has 0 atom stereocenters. The summed E-state index contributed by atoms with van der Waals surface area (Å²) < 4.78 is 17.2. The van der Waals surface area contributed by atoms with Crippen molar-refractivity contribution < 1.29 is 23.8 Å². The number of aldehydes is 1. The van der Waals surface area contributed by atoms with E-state index in [0.29, 0.717) is 81.7 Å². The van der Waals surface area contributed by atoms with Crippen molar-refractivity contribution in [2.24, 2.45) is 11.6 Å². The molecule has 11 nitrogen and oxygen atoms in total. The number of hydrazine groups is 1. The van der Waals surface area contributed by atoms with Crippen molar-refractivity contribution >= 4 is 29.8 Å². The number of unbranched alkanes of at least 4 members (excludes halogenated alkanes) is 1. The number of amides is 1. The number of para-hydroxylation sites is 1. The molecule has 11 heteroatoms. The standard InChI is InChI=1S/C35H54N6O4.C4H8O/c1-5-29(6-2)17-19-40(4)20-22-43-24-26-45-27-25-44-23-21-41(37)35(31-14-8-7-12-30(31)13-11-18-38-3)34(36)32-15-9-10-16-33(32)39-28-42;1-2-3-4-5/h5-10,12,14-16,28,38H,1,11,13,17-27,36-37H2,2-4H3,(H,39,42);4H,2-3H2,1H3/b29-6+,35-34-;. The number of nitrogens with two attached hydrogens (primary N) is 2. The first-order valence-corrected chi connectivity index (χ1v) is 17.6. The first-order chi connectivity index (χ1) is 24.4. The van der Waals surface area contributed by atoms with Crippen LogP contribution in [0, 0.1) is 0 Å². The van der Waals surface area contributed by atoms with Crippen molar-refractivity contribution in [1.29, 1.82) is 0 Å². The number of anilines is 1. The second-order valence-corrected chi connectivity index (χ2v) is 11.5. The molecule has 0 aliphatic rings. The highest BCUT2D eigenvalue weighted by Gasteiger charge is 2.19. The number of benzene rings is 2. The van der Waals surface area contributed by atoms with Gasteiger partial charge in [0, 0.05) is 36.3 Å². The number of nitrogens with one attached hydrogen (secondary N) is 2. The maximum atomic E-state index is 11.3. The van der Waals surface area contributed by atoms with Gasteiger partial charge in [0.2, 0.25) is 6.41 Å². The van der Waals surface area contributed by atoms with E-state index in [0.717, 1.165) is 62.7 Å². The van der Waals surface area contributed by atoms with Gasteiger partial charge in [0.1, 0.15) is 6.29 Å². The van der Waals surface area contributed by atoms with Gasteiger partial charge in [0.15, 0.2) is 0 Å². The van der Waals surface area contributed by atoms with E-state index in [-0.39, 0.29) is 0 Å². The Kier molecular flexibility index (Phi) is 25.6. The summed E-state index contributed by atoms with van der Waals surface area (Å²) in [7, 11) is 4.04. The molecule has 0 radical (unpaired) electrons. The second kappa shape index (κ2) is 28.9. The predicted octanol–water partition coefficient (Wildman–Crippen LogP) is 4.86. The van der Waals surface area contributed by atoms with Crippen LogP contribution in [0.2, 0.25) is 0 Å². The number of rotatable bonds is 27. The Hall–Kier alpha value is -3.84. The van der Waals surface area contributed by atoms with Crippen LogP contribution in [0.25, 0.3) is 11.4 Å². The minimum atomic E-state index is 0.385. The topological polar surface area (TPSA) is 144 Å². The van der Waals surface area contributed by atoms with Crippen LogP contribution in [0.15, 0.2) is 72.8 Å². The number of likely N-dealkylation sites (N-methyl/N-ethyl adjacent to an activating group) is 1. The molecule has 0 bridgehead atoms. The van der Waals surface area contributed by atoms with E-state index in [1.807, 2.05) is 69.4 Å². The van der Waals surface area contributed by atoms with Crippen LogP contribution < -0.4 is 22.2 Å². The number of aryl methyl sites for hydroxylation is 1. The summed E-state index contributed by atoms with van der Waals surface area (Å²) in [6, 6.07) is 15.5. The summed E-state index contributed by atoms with van der Waals surface area (Å²) in [6.07, 6.45) is 10.1. The minimum absolute atomic E-state index is 0.385.